The molecule has 0 bridgehead atoms. The summed E-state index contributed by atoms with van der Waals surface area (Å²) in [6.07, 6.45) is 1.53. The molecule has 0 radical (unpaired) electrons. The van der Waals surface area contributed by atoms with Crippen molar-refractivity contribution in [3.8, 4) is 0 Å². The smallest absolute Gasteiger partial charge is 0.216 e. The molecular formula is C13H19N5O2S. The molecule has 1 aromatic carbocycles. The molecule has 0 aliphatic heterocycles. The van der Waals surface area contributed by atoms with Crippen LogP contribution in [0.3, 0.4) is 0 Å². The lowest BCUT2D eigenvalue weighted by Crippen LogP contribution is -2.26. The van der Waals surface area contributed by atoms with Crippen LogP contribution in [0.1, 0.15) is 17.0 Å². The summed E-state index contributed by atoms with van der Waals surface area (Å²) in [6.45, 7) is 0.843. The van der Waals surface area contributed by atoms with Gasteiger partial charge in [0, 0.05) is 13.6 Å². The van der Waals surface area contributed by atoms with Gasteiger partial charge in [0.05, 0.1) is 12.3 Å². The predicted molar refractivity (Wildman–Crippen MR) is 79.7 cm³/mol. The second kappa shape index (κ2) is 6.79. The van der Waals surface area contributed by atoms with Gasteiger partial charge in [-0.1, -0.05) is 24.3 Å². The lowest BCUT2D eigenvalue weighted by atomic mass is 10.1. The number of benzene rings is 1. The van der Waals surface area contributed by atoms with Crippen LogP contribution in [0.2, 0.25) is 0 Å². The van der Waals surface area contributed by atoms with Crippen molar-refractivity contribution in [2.75, 3.05) is 7.05 Å². The molecule has 0 aliphatic carbocycles. The van der Waals surface area contributed by atoms with E-state index in [4.69, 9.17) is 0 Å². The van der Waals surface area contributed by atoms with E-state index in [9.17, 15) is 8.42 Å². The molecule has 0 aliphatic rings. The Balaban J connectivity index is 2.00. The lowest BCUT2D eigenvalue weighted by Gasteiger charge is -2.08. The molecule has 0 atom stereocenters. The SMILES string of the molecule is CNCc1cccc(CS(=O)(=O)NCc2nncn2C)c1. The topological polar surface area (TPSA) is 88.9 Å². The quantitative estimate of drug-likeness (QED) is 0.760. The first kappa shape index (κ1) is 15.6. The van der Waals surface area contributed by atoms with Crippen LogP contribution < -0.4 is 10.0 Å². The van der Waals surface area contributed by atoms with E-state index >= 15 is 0 Å². The Morgan fingerprint density at radius 3 is 2.67 bits per heavy atom. The summed E-state index contributed by atoms with van der Waals surface area (Å²) in [7, 11) is 0.211. The van der Waals surface area contributed by atoms with Crippen molar-refractivity contribution < 1.29 is 8.42 Å². The number of nitrogens with one attached hydrogen (secondary N) is 2. The Bertz CT molecular complexity index is 696. The van der Waals surface area contributed by atoms with Crippen LogP contribution in [0.4, 0.5) is 0 Å². The molecule has 0 unspecified atom stereocenters. The van der Waals surface area contributed by atoms with Gasteiger partial charge in [-0.15, -0.1) is 10.2 Å². The minimum Gasteiger partial charge on any atom is -0.320 e. The molecule has 0 amide bonds. The van der Waals surface area contributed by atoms with Crippen molar-refractivity contribution in [2.45, 2.75) is 18.8 Å². The van der Waals surface area contributed by atoms with E-state index < -0.39 is 10.0 Å². The molecule has 8 heteroatoms. The number of rotatable bonds is 7. The standard InChI is InChI=1S/C13H19N5O2S/c1-14-7-11-4-3-5-12(6-11)9-21(19,20)16-8-13-17-15-10-18(13)2/h3-6,10,14,16H,7-9H2,1-2H3. The molecule has 1 aromatic heterocycles. The molecule has 0 spiro atoms. The van der Waals surface area contributed by atoms with E-state index in [1.165, 1.54) is 6.33 Å². The van der Waals surface area contributed by atoms with Crippen molar-refractivity contribution in [1.29, 1.82) is 0 Å². The van der Waals surface area contributed by atoms with E-state index in [-0.39, 0.29) is 12.3 Å². The molecule has 114 valence electrons. The first-order valence-electron chi connectivity index (χ1n) is 6.53. The minimum absolute atomic E-state index is 0.0532. The third-order valence-corrected chi connectivity index (χ3v) is 4.28. The average molecular weight is 309 g/mol. The third kappa shape index (κ3) is 4.62. The largest absolute Gasteiger partial charge is 0.320 e. The first-order valence-corrected chi connectivity index (χ1v) is 8.18. The average Bonchev–Trinajstić information content (AvgIpc) is 2.82. The fraction of sp³-hybridized carbons (Fsp3) is 0.385. The highest BCUT2D eigenvalue weighted by atomic mass is 32.2. The number of hydrogen-bond donors (Lipinski definition) is 2. The van der Waals surface area contributed by atoms with Gasteiger partial charge in [-0.2, -0.15) is 0 Å². The van der Waals surface area contributed by atoms with Gasteiger partial charge in [0.1, 0.15) is 12.2 Å². The van der Waals surface area contributed by atoms with Gasteiger partial charge in [0.2, 0.25) is 10.0 Å². The van der Waals surface area contributed by atoms with E-state index in [2.05, 4.69) is 20.2 Å². The van der Waals surface area contributed by atoms with Crippen molar-refractivity contribution >= 4 is 10.0 Å². The second-order valence-electron chi connectivity index (χ2n) is 4.79. The van der Waals surface area contributed by atoms with Crippen LogP contribution in [-0.4, -0.2) is 30.2 Å². The maximum Gasteiger partial charge on any atom is 0.216 e. The van der Waals surface area contributed by atoms with E-state index in [1.54, 1.807) is 17.7 Å². The molecule has 2 aromatic rings. The molecule has 21 heavy (non-hydrogen) atoms. The zero-order valence-corrected chi connectivity index (χ0v) is 12.9. The van der Waals surface area contributed by atoms with Gasteiger partial charge in [-0.05, 0) is 18.2 Å². The Hall–Kier alpha value is -1.77. The first-order chi connectivity index (χ1) is 10.00. The zero-order valence-electron chi connectivity index (χ0n) is 12.1. The van der Waals surface area contributed by atoms with Crippen LogP contribution >= 0.6 is 0 Å². The number of aryl methyl sites for hydroxylation is 1. The van der Waals surface area contributed by atoms with Crippen molar-refractivity contribution in [1.82, 2.24) is 24.8 Å². The van der Waals surface area contributed by atoms with Crippen LogP contribution in [0, 0.1) is 0 Å². The fourth-order valence-electron chi connectivity index (χ4n) is 1.95. The summed E-state index contributed by atoms with van der Waals surface area (Å²) in [4.78, 5) is 0. The van der Waals surface area contributed by atoms with Crippen LogP contribution in [0.25, 0.3) is 0 Å². The molecule has 2 rings (SSSR count). The monoisotopic (exact) mass is 309 g/mol. The summed E-state index contributed by atoms with van der Waals surface area (Å²) in [6, 6.07) is 7.51. The van der Waals surface area contributed by atoms with Gasteiger partial charge in [-0.3, -0.25) is 0 Å². The summed E-state index contributed by atoms with van der Waals surface area (Å²) < 4.78 is 28.4. The molecule has 0 saturated carbocycles. The molecule has 0 saturated heterocycles. The van der Waals surface area contributed by atoms with E-state index in [0.717, 1.165) is 11.1 Å². The number of hydrogen-bond acceptors (Lipinski definition) is 5. The van der Waals surface area contributed by atoms with Gasteiger partial charge in [0.25, 0.3) is 0 Å². The van der Waals surface area contributed by atoms with Crippen molar-refractivity contribution in [2.24, 2.45) is 7.05 Å². The highest BCUT2D eigenvalue weighted by Gasteiger charge is 2.13. The number of nitrogens with zero attached hydrogens (tertiary/aromatic N) is 3. The highest BCUT2D eigenvalue weighted by Crippen LogP contribution is 2.09. The Morgan fingerprint density at radius 2 is 2.00 bits per heavy atom. The predicted octanol–water partition coefficient (Wildman–Crippen LogP) is 0.154. The molecule has 1 heterocycles. The highest BCUT2D eigenvalue weighted by molar-refractivity contribution is 7.88. The minimum atomic E-state index is -3.41. The summed E-state index contributed by atoms with van der Waals surface area (Å²) in [5.74, 6) is 0.519. The maximum atomic E-state index is 12.1. The number of sulfonamides is 1. The van der Waals surface area contributed by atoms with Crippen LogP contribution in [0.15, 0.2) is 30.6 Å². The van der Waals surface area contributed by atoms with Crippen molar-refractivity contribution in [3.63, 3.8) is 0 Å². The van der Waals surface area contributed by atoms with Crippen LogP contribution in [0.5, 0.6) is 0 Å². The molecular weight excluding hydrogens is 290 g/mol. The van der Waals surface area contributed by atoms with E-state index in [0.29, 0.717) is 12.4 Å². The second-order valence-corrected chi connectivity index (χ2v) is 6.60. The summed E-state index contributed by atoms with van der Waals surface area (Å²) in [5, 5.41) is 10.6. The van der Waals surface area contributed by atoms with Crippen molar-refractivity contribution in [3.05, 3.63) is 47.5 Å². The Morgan fingerprint density at radius 1 is 1.24 bits per heavy atom. The lowest BCUT2D eigenvalue weighted by molar-refractivity contribution is 0.576. The van der Waals surface area contributed by atoms with Gasteiger partial charge in [0.15, 0.2) is 0 Å². The fourth-order valence-corrected chi connectivity index (χ4v) is 3.02. The molecule has 2 N–H and O–H groups in total. The Kier molecular flexibility index (Phi) is 5.05. The molecule has 0 fully saturated rings. The van der Waals surface area contributed by atoms with Crippen LogP contribution in [-0.2, 0) is 35.9 Å². The summed E-state index contributed by atoms with van der Waals surface area (Å²) in [5.41, 5.74) is 1.81. The third-order valence-electron chi connectivity index (χ3n) is 2.98. The van der Waals surface area contributed by atoms with Gasteiger partial charge >= 0.3 is 0 Å². The maximum absolute atomic E-state index is 12.1. The van der Waals surface area contributed by atoms with Gasteiger partial charge in [-0.25, -0.2) is 13.1 Å². The normalized spacial score (nSPS) is 11.7. The number of aromatic nitrogens is 3. The van der Waals surface area contributed by atoms with E-state index in [1.807, 2.05) is 25.2 Å². The Labute approximate surface area is 124 Å². The zero-order chi connectivity index (χ0) is 15.3. The summed E-state index contributed by atoms with van der Waals surface area (Å²) >= 11 is 0. The van der Waals surface area contributed by atoms with Gasteiger partial charge < -0.3 is 9.88 Å². The molecule has 7 nitrogen and oxygen atoms in total.